The number of nitrogens with zero attached hydrogens (tertiary/aromatic N) is 1. The van der Waals surface area contributed by atoms with Crippen molar-refractivity contribution in [2.75, 3.05) is 19.6 Å². The Morgan fingerprint density at radius 2 is 2.17 bits per heavy atom. The number of rotatable bonds is 8. The molecular formula is C17H24ClN3O2S. The molecule has 0 bridgehead atoms. The minimum absolute atomic E-state index is 0.377. The van der Waals surface area contributed by atoms with Crippen molar-refractivity contribution < 1.29 is 9.52 Å². The topological polar surface area (TPSA) is 69.8 Å². The molecule has 2 aromatic rings. The van der Waals surface area contributed by atoms with Crippen molar-refractivity contribution >= 4 is 28.9 Å². The Morgan fingerprint density at radius 3 is 2.79 bits per heavy atom. The molecule has 0 aliphatic carbocycles. The van der Waals surface area contributed by atoms with Gasteiger partial charge in [0.2, 0.25) is 0 Å². The van der Waals surface area contributed by atoms with E-state index in [-0.39, 0.29) is 0 Å². The number of aliphatic hydroxyl groups excluding tert-OH is 1. The van der Waals surface area contributed by atoms with Gasteiger partial charge in [0, 0.05) is 30.9 Å². The highest BCUT2D eigenvalue weighted by Gasteiger charge is 2.11. The van der Waals surface area contributed by atoms with Crippen LogP contribution in [-0.2, 0) is 6.42 Å². The molecule has 0 amide bonds. The first-order valence-corrected chi connectivity index (χ1v) is 9.22. The highest BCUT2D eigenvalue weighted by Crippen LogP contribution is 2.26. The van der Waals surface area contributed by atoms with E-state index in [9.17, 15) is 5.11 Å². The molecule has 0 spiro atoms. The van der Waals surface area contributed by atoms with Gasteiger partial charge < -0.3 is 20.2 Å². The molecule has 0 aromatic carbocycles. The first kappa shape index (κ1) is 18.8. The number of thiophene rings is 1. The summed E-state index contributed by atoms with van der Waals surface area (Å²) in [6.07, 6.45) is 1.83. The average Bonchev–Trinajstić information content (AvgIpc) is 3.20. The summed E-state index contributed by atoms with van der Waals surface area (Å²) in [5.41, 5.74) is 0. The van der Waals surface area contributed by atoms with Crippen molar-refractivity contribution in [3.8, 4) is 0 Å². The summed E-state index contributed by atoms with van der Waals surface area (Å²) >= 11 is 7.30. The standard InChI is InChI=1S/C17H24ClN3O2S/c1-12(2)10-20-17(19-8-7-13-4-3-9-23-13)21-11-14(22)15-5-6-16(18)24-15/h3-6,9,12,14,22H,7-8,10-11H2,1-2H3,(H2,19,20,21). The zero-order chi connectivity index (χ0) is 17.4. The number of guanidine groups is 1. The molecule has 3 N–H and O–H groups in total. The summed E-state index contributed by atoms with van der Waals surface area (Å²) in [7, 11) is 0. The van der Waals surface area contributed by atoms with Gasteiger partial charge in [0.05, 0.1) is 10.6 Å². The molecule has 0 saturated carbocycles. The van der Waals surface area contributed by atoms with E-state index in [1.807, 2.05) is 18.2 Å². The number of aliphatic imine (C=N–C) groups is 1. The SMILES string of the molecule is CC(C)CN=C(NCCc1ccco1)NCC(O)c1ccc(Cl)s1. The maximum atomic E-state index is 10.2. The first-order valence-electron chi connectivity index (χ1n) is 8.02. The van der Waals surface area contributed by atoms with Crippen LogP contribution in [0.4, 0.5) is 0 Å². The fourth-order valence-electron chi connectivity index (χ4n) is 2.01. The molecule has 2 rings (SSSR count). The molecule has 0 radical (unpaired) electrons. The van der Waals surface area contributed by atoms with Crippen LogP contribution >= 0.6 is 22.9 Å². The van der Waals surface area contributed by atoms with E-state index in [1.54, 1.807) is 12.3 Å². The molecular weight excluding hydrogens is 346 g/mol. The summed E-state index contributed by atoms with van der Waals surface area (Å²) < 4.78 is 6.00. The molecule has 132 valence electrons. The second-order valence-corrected chi connectivity index (χ2v) is 7.62. The van der Waals surface area contributed by atoms with E-state index < -0.39 is 6.10 Å². The summed E-state index contributed by atoms with van der Waals surface area (Å²) in [6.45, 7) is 6.04. The Bertz CT molecular complexity index is 626. The Balaban J connectivity index is 1.84. The number of aliphatic hydroxyl groups is 1. The monoisotopic (exact) mass is 369 g/mol. The lowest BCUT2D eigenvalue weighted by molar-refractivity contribution is 0.184. The molecule has 1 atom stereocenters. The van der Waals surface area contributed by atoms with Crippen LogP contribution in [0.5, 0.6) is 0 Å². The van der Waals surface area contributed by atoms with Crippen LogP contribution in [0.15, 0.2) is 39.9 Å². The molecule has 0 saturated heterocycles. The van der Waals surface area contributed by atoms with Crippen molar-refractivity contribution in [3.05, 3.63) is 45.5 Å². The number of furan rings is 1. The normalized spacial score (nSPS) is 13.3. The van der Waals surface area contributed by atoms with E-state index in [4.69, 9.17) is 16.0 Å². The second kappa shape index (κ2) is 9.71. The second-order valence-electron chi connectivity index (χ2n) is 5.88. The molecule has 2 aromatic heterocycles. The summed E-state index contributed by atoms with van der Waals surface area (Å²) in [5.74, 6) is 2.09. The molecule has 0 aliphatic heterocycles. The largest absolute Gasteiger partial charge is 0.469 e. The Morgan fingerprint density at radius 1 is 1.33 bits per heavy atom. The smallest absolute Gasteiger partial charge is 0.191 e. The van der Waals surface area contributed by atoms with Gasteiger partial charge in [-0.2, -0.15) is 0 Å². The third-order valence-corrected chi connectivity index (χ3v) is 4.58. The Hall–Kier alpha value is -1.50. The van der Waals surface area contributed by atoms with E-state index in [1.165, 1.54) is 11.3 Å². The quantitative estimate of drug-likeness (QED) is 0.492. The minimum atomic E-state index is -0.612. The number of hydrogen-bond acceptors (Lipinski definition) is 4. The highest BCUT2D eigenvalue weighted by atomic mass is 35.5. The molecule has 2 heterocycles. The average molecular weight is 370 g/mol. The zero-order valence-electron chi connectivity index (χ0n) is 14.0. The summed E-state index contributed by atoms with van der Waals surface area (Å²) in [6, 6.07) is 7.46. The predicted octanol–water partition coefficient (Wildman–Crippen LogP) is 3.46. The van der Waals surface area contributed by atoms with Gasteiger partial charge in [0.15, 0.2) is 5.96 Å². The molecule has 7 heteroatoms. The molecule has 1 unspecified atom stereocenters. The lowest BCUT2D eigenvalue weighted by Crippen LogP contribution is -2.40. The lowest BCUT2D eigenvalue weighted by atomic mass is 10.2. The molecule has 5 nitrogen and oxygen atoms in total. The number of hydrogen-bond donors (Lipinski definition) is 3. The van der Waals surface area contributed by atoms with Crippen molar-refractivity contribution in [1.82, 2.24) is 10.6 Å². The third-order valence-electron chi connectivity index (χ3n) is 3.24. The molecule has 0 aliphatic rings. The van der Waals surface area contributed by atoms with E-state index in [2.05, 4.69) is 29.5 Å². The van der Waals surface area contributed by atoms with Gasteiger partial charge in [-0.15, -0.1) is 11.3 Å². The van der Waals surface area contributed by atoms with Gasteiger partial charge >= 0.3 is 0 Å². The van der Waals surface area contributed by atoms with Gasteiger partial charge in [-0.05, 0) is 30.2 Å². The van der Waals surface area contributed by atoms with Crippen molar-refractivity contribution in [2.24, 2.45) is 10.9 Å². The van der Waals surface area contributed by atoms with Gasteiger partial charge in [-0.1, -0.05) is 25.4 Å². The van der Waals surface area contributed by atoms with Crippen molar-refractivity contribution in [1.29, 1.82) is 0 Å². The van der Waals surface area contributed by atoms with Crippen LogP contribution in [-0.4, -0.2) is 30.7 Å². The van der Waals surface area contributed by atoms with E-state index in [0.29, 0.717) is 29.3 Å². The van der Waals surface area contributed by atoms with Crippen LogP contribution in [0, 0.1) is 5.92 Å². The Labute approximate surface area is 151 Å². The van der Waals surface area contributed by atoms with Crippen LogP contribution in [0.25, 0.3) is 0 Å². The third kappa shape index (κ3) is 6.55. The summed E-state index contributed by atoms with van der Waals surface area (Å²) in [4.78, 5) is 5.38. The van der Waals surface area contributed by atoms with Crippen molar-refractivity contribution in [3.63, 3.8) is 0 Å². The van der Waals surface area contributed by atoms with Gasteiger partial charge in [0.1, 0.15) is 11.9 Å². The van der Waals surface area contributed by atoms with E-state index in [0.717, 1.165) is 23.6 Å². The fourth-order valence-corrected chi connectivity index (χ4v) is 3.06. The first-order chi connectivity index (χ1) is 11.5. The fraction of sp³-hybridized carbons (Fsp3) is 0.471. The highest BCUT2D eigenvalue weighted by molar-refractivity contribution is 7.16. The molecule has 24 heavy (non-hydrogen) atoms. The van der Waals surface area contributed by atoms with E-state index >= 15 is 0 Å². The summed E-state index contributed by atoms with van der Waals surface area (Å²) in [5, 5.41) is 16.7. The van der Waals surface area contributed by atoms with Gasteiger partial charge in [0.25, 0.3) is 0 Å². The van der Waals surface area contributed by atoms with Crippen LogP contribution in [0.1, 0.15) is 30.6 Å². The maximum absolute atomic E-state index is 10.2. The number of nitrogens with one attached hydrogen (secondary N) is 2. The lowest BCUT2D eigenvalue weighted by Gasteiger charge is -2.15. The van der Waals surface area contributed by atoms with Gasteiger partial charge in [-0.3, -0.25) is 4.99 Å². The van der Waals surface area contributed by atoms with Crippen LogP contribution < -0.4 is 10.6 Å². The maximum Gasteiger partial charge on any atom is 0.191 e. The van der Waals surface area contributed by atoms with Crippen LogP contribution in [0.3, 0.4) is 0 Å². The predicted molar refractivity (Wildman–Crippen MR) is 99.8 cm³/mol. The molecule has 0 fully saturated rings. The Kier molecular flexibility index (Phi) is 7.62. The van der Waals surface area contributed by atoms with Crippen LogP contribution in [0.2, 0.25) is 4.34 Å². The minimum Gasteiger partial charge on any atom is -0.469 e. The van der Waals surface area contributed by atoms with Gasteiger partial charge in [-0.25, -0.2) is 0 Å². The number of halogens is 1. The van der Waals surface area contributed by atoms with Crippen molar-refractivity contribution in [2.45, 2.75) is 26.4 Å². The zero-order valence-corrected chi connectivity index (χ0v) is 15.5.